The summed E-state index contributed by atoms with van der Waals surface area (Å²) in [6.45, 7) is 2.51. The van der Waals surface area contributed by atoms with Crippen LogP contribution in [-0.2, 0) is 9.53 Å². The van der Waals surface area contributed by atoms with Crippen LogP contribution in [0.2, 0.25) is 0 Å². The second kappa shape index (κ2) is 8.82. The highest BCUT2D eigenvalue weighted by Gasteiger charge is 2.39. The molecule has 9 heteroatoms. The van der Waals surface area contributed by atoms with Crippen LogP contribution in [0.5, 0.6) is 23.0 Å². The number of aromatic nitrogens is 1. The van der Waals surface area contributed by atoms with Gasteiger partial charge in [-0.3, -0.25) is 9.59 Å². The summed E-state index contributed by atoms with van der Waals surface area (Å²) in [4.78, 5) is 30.9. The highest BCUT2D eigenvalue weighted by Crippen LogP contribution is 2.50. The zero-order valence-corrected chi connectivity index (χ0v) is 20.8. The molecule has 2 N–H and O–H groups in total. The van der Waals surface area contributed by atoms with Crippen molar-refractivity contribution < 1.29 is 33.6 Å². The SMILES string of the molecule is CC[C@@H]1CN(C(=O)c2cc3cc(OC)c(OC)c(OC)c3[nH]2)c2cc(O)c3c(c21)C=CC3C(=O)OC. The Balaban J connectivity index is 1.60. The first kappa shape index (κ1) is 23.6. The van der Waals surface area contributed by atoms with E-state index in [9.17, 15) is 14.7 Å². The summed E-state index contributed by atoms with van der Waals surface area (Å²) in [5, 5.41) is 11.6. The van der Waals surface area contributed by atoms with Gasteiger partial charge in [-0.1, -0.05) is 19.1 Å². The van der Waals surface area contributed by atoms with E-state index in [1.54, 1.807) is 29.2 Å². The Morgan fingerprint density at radius 1 is 1.06 bits per heavy atom. The maximum atomic E-state index is 13.8. The van der Waals surface area contributed by atoms with E-state index in [2.05, 4.69) is 11.9 Å². The Morgan fingerprint density at radius 3 is 2.44 bits per heavy atom. The van der Waals surface area contributed by atoms with Crippen molar-refractivity contribution in [2.24, 2.45) is 0 Å². The highest BCUT2D eigenvalue weighted by molar-refractivity contribution is 6.10. The molecule has 0 bridgehead atoms. The first-order valence-electron chi connectivity index (χ1n) is 11.7. The Kier molecular flexibility index (Phi) is 5.78. The maximum Gasteiger partial charge on any atom is 0.317 e. The third-order valence-electron chi connectivity index (χ3n) is 7.12. The van der Waals surface area contributed by atoms with Crippen molar-refractivity contribution in [3.8, 4) is 23.0 Å². The summed E-state index contributed by atoms with van der Waals surface area (Å²) in [7, 11) is 5.92. The average Bonchev–Trinajstić information content (AvgIpc) is 3.61. The molecule has 0 saturated heterocycles. The van der Waals surface area contributed by atoms with Crippen molar-refractivity contribution in [2.75, 3.05) is 39.9 Å². The van der Waals surface area contributed by atoms with E-state index in [1.165, 1.54) is 28.4 Å². The first-order chi connectivity index (χ1) is 17.4. The molecular weight excluding hydrogens is 464 g/mol. The lowest BCUT2D eigenvalue weighted by Gasteiger charge is -2.19. The highest BCUT2D eigenvalue weighted by atomic mass is 16.5. The lowest BCUT2D eigenvalue weighted by Crippen LogP contribution is -2.30. The molecule has 1 aliphatic heterocycles. The number of amides is 1. The minimum Gasteiger partial charge on any atom is -0.508 e. The number of fused-ring (bicyclic) bond motifs is 4. The van der Waals surface area contributed by atoms with E-state index in [4.69, 9.17) is 18.9 Å². The van der Waals surface area contributed by atoms with Crippen molar-refractivity contribution in [1.82, 2.24) is 4.98 Å². The van der Waals surface area contributed by atoms with Crippen LogP contribution in [0.3, 0.4) is 0 Å². The lowest BCUT2D eigenvalue weighted by atomic mass is 9.89. The van der Waals surface area contributed by atoms with E-state index in [-0.39, 0.29) is 17.6 Å². The molecule has 1 aromatic heterocycles. The number of esters is 1. The number of carbonyl (C=O) groups excluding carboxylic acids is 2. The number of ether oxygens (including phenoxy) is 4. The van der Waals surface area contributed by atoms with Crippen LogP contribution in [0.25, 0.3) is 17.0 Å². The van der Waals surface area contributed by atoms with Gasteiger partial charge in [0.2, 0.25) is 5.75 Å². The van der Waals surface area contributed by atoms with Crippen LogP contribution >= 0.6 is 0 Å². The zero-order valence-electron chi connectivity index (χ0n) is 20.8. The molecule has 9 nitrogen and oxygen atoms in total. The van der Waals surface area contributed by atoms with Crippen LogP contribution in [0, 0.1) is 0 Å². The fourth-order valence-electron chi connectivity index (χ4n) is 5.42. The number of hydrogen-bond donors (Lipinski definition) is 2. The van der Waals surface area contributed by atoms with E-state index in [0.29, 0.717) is 46.3 Å². The second-order valence-corrected chi connectivity index (χ2v) is 8.83. The molecule has 36 heavy (non-hydrogen) atoms. The van der Waals surface area contributed by atoms with Crippen molar-refractivity contribution >= 4 is 34.5 Å². The summed E-state index contributed by atoms with van der Waals surface area (Å²) in [5.74, 6) is 0.0387. The molecule has 5 rings (SSSR count). The van der Waals surface area contributed by atoms with Gasteiger partial charge in [-0.15, -0.1) is 0 Å². The van der Waals surface area contributed by atoms with Gasteiger partial charge in [0.15, 0.2) is 11.5 Å². The summed E-state index contributed by atoms with van der Waals surface area (Å²) >= 11 is 0. The average molecular weight is 493 g/mol. The molecule has 1 amide bonds. The third kappa shape index (κ3) is 3.30. The Labute approximate surface area is 208 Å². The molecule has 2 heterocycles. The normalized spacial score (nSPS) is 17.8. The van der Waals surface area contributed by atoms with Gasteiger partial charge < -0.3 is 33.9 Å². The number of carbonyl (C=O) groups is 2. The predicted octanol–water partition coefficient (Wildman–Crippen LogP) is 4.34. The van der Waals surface area contributed by atoms with Gasteiger partial charge in [0.05, 0.1) is 39.6 Å². The van der Waals surface area contributed by atoms with Crippen LogP contribution < -0.4 is 19.1 Å². The number of phenolic OH excluding ortho intramolecular Hbond substituents is 1. The third-order valence-corrected chi connectivity index (χ3v) is 7.12. The van der Waals surface area contributed by atoms with Crippen LogP contribution in [0.1, 0.15) is 52.4 Å². The molecule has 0 spiro atoms. The number of phenols is 1. The van der Waals surface area contributed by atoms with Gasteiger partial charge in [-0.05, 0) is 29.7 Å². The van der Waals surface area contributed by atoms with E-state index in [0.717, 1.165) is 22.9 Å². The Hall–Kier alpha value is -4.14. The lowest BCUT2D eigenvalue weighted by molar-refractivity contribution is -0.141. The first-order valence-corrected chi connectivity index (χ1v) is 11.7. The quantitative estimate of drug-likeness (QED) is 0.493. The number of aromatic amines is 1. The number of nitrogens with zero attached hydrogens (tertiary/aromatic N) is 1. The summed E-state index contributed by atoms with van der Waals surface area (Å²) < 4.78 is 21.4. The number of hydrogen-bond acceptors (Lipinski definition) is 7. The van der Waals surface area contributed by atoms with Gasteiger partial charge in [0.25, 0.3) is 5.91 Å². The van der Waals surface area contributed by atoms with E-state index < -0.39 is 11.9 Å². The van der Waals surface area contributed by atoms with E-state index >= 15 is 0 Å². The molecular formula is C27H28N2O7. The Bertz CT molecular complexity index is 1420. The number of benzene rings is 2. The molecule has 1 aliphatic carbocycles. The fourth-order valence-corrected chi connectivity index (χ4v) is 5.42. The van der Waals surface area contributed by atoms with Crippen LogP contribution in [0.4, 0.5) is 5.69 Å². The van der Waals surface area contributed by atoms with Crippen molar-refractivity contribution in [2.45, 2.75) is 25.2 Å². The van der Waals surface area contributed by atoms with Crippen molar-refractivity contribution in [3.05, 3.63) is 46.7 Å². The molecule has 2 aliphatic rings. The number of anilines is 1. The maximum absolute atomic E-state index is 13.8. The fraction of sp³-hybridized carbons (Fsp3) is 0.333. The topological polar surface area (TPSA) is 110 Å². The molecule has 188 valence electrons. The smallest absolute Gasteiger partial charge is 0.317 e. The number of aromatic hydroxyl groups is 1. The van der Waals surface area contributed by atoms with Gasteiger partial charge in [-0.2, -0.15) is 0 Å². The van der Waals surface area contributed by atoms with Crippen molar-refractivity contribution in [3.63, 3.8) is 0 Å². The number of rotatable bonds is 6. The minimum absolute atomic E-state index is 0.0357. The summed E-state index contributed by atoms with van der Waals surface area (Å²) in [5.41, 5.74) is 3.89. The van der Waals surface area contributed by atoms with Gasteiger partial charge >= 0.3 is 5.97 Å². The van der Waals surface area contributed by atoms with Crippen molar-refractivity contribution in [1.29, 1.82) is 0 Å². The number of nitrogens with one attached hydrogen (secondary N) is 1. The number of H-pyrrole nitrogens is 1. The van der Waals surface area contributed by atoms with E-state index in [1.807, 2.05) is 6.08 Å². The Morgan fingerprint density at radius 2 is 1.81 bits per heavy atom. The van der Waals surface area contributed by atoms with Gasteiger partial charge in [0, 0.05) is 29.5 Å². The number of methoxy groups -OCH3 is 4. The molecule has 1 unspecified atom stereocenters. The summed E-state index contributed by atoms with van der Waals surface area (Å²) in [6, 6.07) is 5.12. The molecule has 2 aromatic carbocycles. The van der Waals surface area contributed by atoms with Gasteiger partial charge in [-0.25, -0.2) is 0 Å². The minimum atomic E-state index is -0.663. The van der Waals surface area contributed by atoms with Crippen LogP contribution in [-0.4, -0.2) is 57.0 Å². The standard InChI is InChI=1S/C27H28N2O7/c1-6-13-12-29(18-11-19(30)22-15(21(13)18)7-8-16(22)27(32)36-5)26(31)17-9-14-10-20(33-2)24(34-3)25(35-4)23(14)28-17/h7-11,13,16,28,30H,6,12H2,1-5H3/t13-,16?/m1/s1. The van der Waals surface area contributed by atoms with Gasteiger partial charge in [0.1, 0.15) is 17.4 Å². The summed E-state index contributed by atoms with van der Waals surface area (Å²) in [6.07, 6.45) is 4.37. The molecule has 0 saturated carbocycles. The molecule has 0 fully saturated rings. The molecule has 2 atom stereocenters. The monoisotopic (exact) mass is 492 g/mol. The largest absolute Gasteiger partial charge is 0.508 e. The zero-order chi connectivity index (χ0) is 25.7. The predicted molar refractivity (Wildman–Crippen MR) is 135 cm³/mol. The van der Waals surface area contributed by atoms with Crippen LogP contribution in [0.15, 0.2) is 24.3 Å². The second-order valence-electron chi connectivity index (χ2n) is 8.83. The molecule has 3 aromatic rings. The molecule has 0 radical (unpaired) electrons.